The third kappa shape index (κ3) is 4.79. The molecular formula is C16H22Cl2N2OS. The fourth-order valence-electron chi connectivity index (χ4n) is 2.60. The van der Waals surface area contributed by atoms with Crippen LogP contribution in [0.4, 0.5) is 0 Å². The van der Waals surface area contributed by atoms with E-state index in [1.807, 2.05) is 43.8 Å². The number of amides is 1. The van der Waals surface area contributed by atoms with E-state index >= 15 is 0 Å². The molecule has 1 aliphatic heterocycles. The van der Waals surface area contributed by atoms with Gasteiger partial charge in [0, 0.05) is 52.5 Å². The van der Waals surface area contributed by atoms with Gasteiger partial charge in [0.1, 0.15) is 0 Å². The summed E-state index contributed by atoms with van der Waals surface area (Å²) in [4.78, 5) is 12.1. The average molecular weight is 361 g/mol. The Kier molecular flexibility index (Phi) is 6.45. The Hall–Kier alpha value is -0.420. The van der Waals surface area contributed by atoms with Crippen molar-refractivity contribution in [2.24, 2.45) is 0 Å². The molecular weight excluding hydrogens is 339 g/mol. The summed E-state index contributed by atoms with van der Waals surface area (Å²) in [6.45, 7) is 5.56. The van der Waals surface area contributed by atoms with Crippen LogP contribution in [0.15, 0.2) is 18.2 Å². The average Bonchev–Trinajstić information content (AvgIpc) is 2.46. The van der Waals surface area contributed by atoms with E-state index in [9.17, 15) is 4.79 Å². The monoisotopic (exact) mass is 360 g/mol. The zero-order chi connectivity index (χ0) is 16.2. The summed E-state index contributed by atoms with van der Waals surface area (Å²) < 4.78 is 0. The van der Waals surface area contributed by atoms with E-state index in [1.54, 1.807) is 0 Å². The first kappa shape index (κ1) is 17.9. The first-order valence-electron chi connectivity index (χ1n) is 7.42. The molecule has 1 unspecified atom stereocenters. The number of halogens is 2. The molecule has 1 amide bonds. The standard InChI is InChI=1S/C16H22Cl2N2OS/c1-16(2,15-12(17)4-3-5-13(15)18)10-20-14(21)8-11-9-22-7-6-19-11/h3-5,11,19H,6-10H2,1-2H3,(H,20,21). The second-order valence-corrected chi connectivity index (χ2v) is 8.15. The molecule has 1 aromatic rings. The fourth-order valence-corrected chi connectivity index (χ4v) is 4.46. The SMILES string of the molecule is CC(C)(CNC(=O)CC1CSCCN1)c1c(Cl)cccc1Cl. The fraction of sp³-hybridized carbons (Fsp3) is 0.562. The van der Waals surface area contributed by atoms with Gasteiger partial charge in [0.25, 0.3) is 0 Å². The molecule has 0 bridgehead atoms. The molecule has 1 saturated heterocycles. The smallest absolute Gasteiger partial charge is 0.221 e. The van der Waals surface area contributed by atoms with Gasteiger partial charge in [0.15, 0.2) is 0 Å². The number of carbonyl (C=O) groups excluding carboxylic acids is 1. The second kappa shape index (κ2) is 7.91. The quantitative estimate of drug-likeness (QED) is 0.844. The van der Waals surface area contributed by atoms with Crippen LogP contribution in [0.5, 0.6) is 0 Å². The Labute approximate surface area is 146 Å². The maximum Gasteiger partial charge on any atom is 0.221 e. The molecule has 3 nitrogen and oxygen atoms in total. The maximum atomic E-state index is 12.1. The molecule has 0 aromatic heterocycles. The number of thioether (sulfide) groups is 1. The minimum atomic E-state index is -0.320. The minimum absolute atomic E-state index is 0.0660. The van der Waals surface area contributed by atoms with Crippen LogP contribution in [0.1, 0.15) is 25.8 Å². The first-order valence-corrected chi connectivity index (χ1v) is 9.33. The number of nitrogens with one attached hydrogen (secondary N) is 2. The highest BCUT2D eigenvalue weighted by atomic mass is 35.5. The Morgan fingerprint density at radius 2 is 2.09 bits per heavy atom. The highest BCUT2D eigenvalue weighted by molar-refractivity contribution is 7.99. The number of hydrogen-bond acceptors (Lipinski definition) is 3. The molecule has 0 radical (unpaired) electrons. The van der Waals surface area contributed by atoms with Gasteiger partial charge >= 0.3 is 0 Å². The van der Waals surface area contributed by atoms with E-state index < -0.39 is 0 Å². The third-order valence-corrected chi connectivity index (χ3v) is 5.56. The maximum absolute atomic E-state index is 12.1. The van der Waals surface area contributed by atoms with E-state index in [1.165, 1.54) is 0 Å². The summed E-state index contributed by atoms with van der Waals surface area (Å²) in [7, 11) is 0. The van der Waals surface area contributed by atoms with E-state index in [0.717, 1.165) is 23.6 Å². The molecule has 1 aliphatic rings. The molecule has 2 rings (SSSR count). The minimum Gasteiger partial charge on any atom is -0.355 e. The molecule has 1 atom stereocenters. The van der Waals surface area contributed by atoms with Crippen LogP contribution in [-0.4, -0.2) is 36.5 Å². The Morgan fingerprint density at radius 1 is 1.41 bits per heavy atom. The predicted octanol–water partition coefficient (Wildman–Crippen LogP) is 3.48. The summed E-state index contributed by atoms with van der Waals surface area (Å²) in [6, 6.07) is 5.76. The van der Waals surface area contributed by atoms with E-state index in [0.29, 0.717) is 23.0 Å². The van der Waals surface area contributed by atoms with Gasteiger partial charge in [-0.3, -0.25) is 4.79 Å². The predicted molar refractivity (Wildman–Crippen MR) is 96.2 cm³/mol. The van der Waals surface area contributed by atoms with E-state index in [2.05, 4.69) is 10.6 Å². The van der Waals surface area contributed by atoms with Gasteiger partial charge in [-0.05, 0) is 17.7 Å². The normalized spacial score (nSPS) is 19.0. The number of benzene rings is 1. The van der Waals surface area contributed by atoms with Crippen molar-refractivity contribution < 1.29 is 4.79 Å². The van der Waals surface area contributed by atoms with Crippen molar-refractivity contribution >= 4 is 40.9 Å². The summed E-state index contributed by atoms with van der Waals surface area (Å²) in [5.41, 5.74) is 0.560. The van der Waals surface area contributed by atoms with Crippen LogP contribution in [0.3, 0.4) is 0 Å². The zero-order valence-electron chi connectivity index (χ0n) is 12.9. The van der Waals surface area contributed by atoms with Crippen LogP contribution in [0, 0.1) is 0 Å². The van der Waals surface area contributed by atoms with E-state index in [4.69, 9.17) is 23.2 Å². The molecule has 1 heterocycles. The van der Waals surface area contributed by atoms with Crippen LogP contribution < -0.4 is 10.6 Å². The molecule has 0 spiro atoms. The highest BCUT2D eigenvalue weighted by Gasteiger charge is 2.27. The number of rotatable bonds is 5. The molecule has 122 valence electrons. The van der Waals surface area contributed by atoms with Gasteiger partial charge in [-0.2, -0.15) is 11.8 Å². The van der Waals surface area contributed by atoms with Crippen LogP contribution >= 0.6 is 35.0 Å². The highest BCUT2D eigenvalue weighted by Crippen LogP contribution is 2.35. The van der Waals surface area contributed by atoms with Gasteiger partial charge in [-0.1, -0.05) is 43.1 Å². The Bertz CT molecular complexity index is 511. The van der Waals surface area contributed by atoms with Crippen molar-refractivity contribution in [1.82, 2.24) is 10.6 Å². The summed E-state index contributed by atoms with van der Waals surface area (Å²) >= 11 is 14.4. The topological polar surface area (TPSA) is 41.1 Å². The Morgan fingerprint density at radius 3 is 2.68 bits per heavy atom. The van der Waals surface area contributed by atoms with Crippen molar-refractivity contribution in [1.29, 1.82) is 0 Å². The summed E-state index contributed by atoms with van der Waals surface area (Å²) in [5, 5.41) is 7.66. The molecule has 22 heavy (non-hydrogen) atoms. The largest absolute Gasteiger partial charge is 0.355 e. The summed E-state index contributed by atoms with van der Waals surface area (Å²) in [6.07, 6.45) is 0.513. The lowest BCUT2D eigenvalue weighted by Gasteiger charge is -2.28. The third-order valence-electron chi connectivity index (χ3n) is 3.80. The second-order valence-electron chi connectivity index (χ2n) is 6.19. The zero-order valence-corrected chi connectivity index (χ0v) is 15.2. The van der Waals surface area contributed by atoms with Gasteiger partial charge in [-0.25, -0.2) is 0 Å². The van der Waals surface area contributed by atoms with Crippen LogP contribution in [0.2, 0.25) is 10.0 Å². The van der Waals surface area contributed by atoms with Crippen molar-refractivity contribution in [3.05, 3.63) is 33.8 Å². The van der Waals surface area contributed by atoms with E-state index in [-0.39, 0.29) is 17.4 Å². The van der Waals surface area contributed by atoms with Crippen LogP contribution in [-0.2, 0) is 10.2 Å². The summed E-state index contributed by atoms with van der Waals surface area (Å²) in [5.74, 6) is 2.18. The molecule has 6 heteroatoms. The van der Waals surface area contributed by atoms with Crippen molar-refractivity contribution in [2.45, 2.75) is 31.7 Å². The first-order chi connectivity index (χ1) is 10.4. The lowest BCUT2D eigenvalue weighted by Crippen LogP contribution is -2.43. The van der Waals surface area contributed by atoms with Gasteiger partial charge in [0.05, 0.1) is 0 Å². The molecule has 2 N–H and O–H groups in total. The number of carbonyl (C=O) groups is 1. The molecule has 1 aromatic carbocycles. The number of hydrogen-bond donors (Lipinski definition) is 2. The molecule has 0 aliphatic carbocycles. The lowest BCUT2D eigenvalue weighted by atomic mass is 9.84. The van der Waals surface area contributed by atoms with Crippen molar-refractivity contribution in [2.75, 3.05) is 24.6 Å². The molecule has 0 saturated carbocycles. The van der Waals surface area contributed by atoms with Crippen molar-refractivity contribution in [3.63, 3.8) is 0 Å². The Balaban J connectivity index is 1.93. The van der Waals surface area contributed by atoms with Gasteiger partial charge in [-0.15, -0.1) is 0 Å². The molecule has 1 fully saturated rings. The van der Waals surface area contributed by atoms with Crippen LogP contribution in [0.25, 0.3) is 0 Å². The van der Waals surface area contributed by atoms with Crippen molar-refractivity contribution in [3.8, 4) is 0 Å². The lowest BCUT2D eigenvalue weighted by molar-refractivity contribution is -0.121. The van der Waals surface area contributed by atoms with Gasteiger partial charge in [0.2, 0.25) is 5.91 Å². The van der Waals surface area contributed by atoms with Gasteiger partial charge < -0.3 is 10.6 Å².